The number of rotatable bonds is 10. The Hall–Kier alpha value is -9.78. The van der Waals surface area contributed by atoms with E-state index in [2.05, 4.69) is 136 Å². The summed E-state index contributed by atoms with van der Waals surface area (Å²) < 4.78 is 173. The highest BCUT2D eigenvalue weighted by atomic mass is 14.9. The maximum Gasteiger partial charge on any atom is 0.212 e. The molecule has 0 saturated carbocycles. The van der Waals surface area contributed by atoms with E-state index in [1.54, 1.807) is 49.4 Å². The molecule has 0 amide bonds. The Morgan fingerprint density at radius 2 is 0.656 bits per heavy atom. The molecule has 0 fully saturated rings. The third-order valence-electron chi connectivity index (χ3n) is 16.5. The van der Waals surface area contributed by atoms with Crippen molar-refractivity contribution in [3.8, 4) is 67.5 Å². The SMILES string of the molecule is Cc1ccc(C)c(-c2cccc[n+]2C)c1.Cc1ccc(C)c(-c2cccc[n+]2C)c1.[2H]C([2H])([2H])C([2H])(C([2H])([2H])[2H])C([2H])([2H])c1ccc(-c2cccc[n+]2C)c(C)c1.[2H]C([2H])([2H])C([2H])(C)c1ccc(-c2cccc[n+]2C)c(C)c1.[2H]C([2H])([2H])C([2H])([2H])c1ccc(-c2cccc[n+]2C)c(C)c1.[2H]C([2H])([2H])c1ccc(-c2cccc[n+]2C)c(C)c1. The average Bonchev–Trinajstić information content (AvgIpc) is 0.717. The molecule has 492 valence electrons. The standard InChI is InChI=1S/C17H22N.C16H20N.C15H18N.3C14H16N/c1-13(2)11-15-8-9-16(14(3)12-15)17-7-5-6-10-18(17)4;1-12(2)14-8-9-15(13(3)11-14)16-7-5-6-10-17(16)4;1-4-13-8-9-14(12(2)11-13)15-7-5-6-10-16(15)3;1-11-7-8-13(12(2)10-11)14-6-4-5-9-15(14)3;2*1-11-7-8-12(2)13(10-11)14-6-4-5-9-15(14)3/h5-10,12-13H,11H2,1-4H3;5-12H,1-4H3;5-11H,4H2,1-3H3;3*4-10H,1-3H3/q6*+1/i1D3,2D3,11D2,13D;1D3,12D;1D3,4D2;1D3;;. The van der Waals surface area contributed by atoms with Crippen molar-refractivity contribution in [2.75, 3.05) is 0 Å². The molecule has 0 saturated heterocycles. The second-order valence-electron chi connectivity index (χ2n) is 24.2. The first-order chi connectivity index (χ1) is 54.2. The van der Waals surface area contributed by atoms with Crippen molar-refractivity contribution in [1.29, 1.82) is 0 Å². The van der Waals surface area contributed by atoms with Crippen molar-refractivity contribution in [2.45, 2.75) is 115 Å². The van der Waals surface area contributed by atoms with Gasteiger partial charge in [0.15, 0.2) is 37.2 Å². The van der Waals surface area contributed by atoms with E-state index in [9.17, 15) is 0 Å². The van der Waals surface area contributed by atoms with Gasteiger partial charge in [0.1, 0.15) is 42.3 Å². The number of pyridine rings is 6. The molecule has 0 spiro atoms. The monoisotopic (exact) mass is 1290 g/mol. The minimum Gasteiger partial charge on any atom is -0.201 e. The van der Waals surface area contributed by atoms with Gasteiger partial charge in [-0.05, 0) is 210 Å². The van der Waals surface area contributed by atoms with Gasteiger partial charge in [-0.15, -0.1) is 0 Å². The van der Waals surface area contributed by atoms with Crippen molar-refractivity contribution < 1.29 is 56.2 Å². The molecule has 6 heteroatoms. The van der Waals surface area contributed by atoms with Crippen LogP contribution in [0.25, 0.3) is 67.5 Å². The van der Waals surface area contributed by atoms with Gasteiger partial charge >= 0.3 is 0 Å². The van der Waals surface area contributed by atoms with E-state index in [0.717, 1.165) is 61.7 Å². The third kappa shape index (κ3) is 20.6. The quantitative estimate of drug-likeness (QED) is 0.122. The van der Waals surface area contributed by atoms with Crippen LogP contribution in [0.5, 0.6) is 0 Å². The predicted molar refractivity (Wildman–Crippen MR) is 403 cm³/mol. The number of nitrogens with zero attached hydrogens (tertiary/aromatic N) is 6. The van der Waals surface area contributed by atoms with E-state index in [4.69, 9.17) is 28.8 Å². The smallest absolute Gasteiger partial charge is 0.201 e. The Morgan fingerprint density at radius 3 is 0.990 bits per heavy atom. The van der Waals surface area contributed by atoms with Crippen molar-refractivity contribution in [2.24, 2.45) is 48.2 Å². The molecule has 0 N–H and O–H groups in total. The molecule has 0 bridgehead atoms. The van der Waals surface area contributed by atoms with Crippen LogP contribution in [0, 0.1) is 68.1 Å². The lowest BCUT2D eigenvalue weighted by Crippen LogP contribution is -2.30. The Morgan fingerprint density at radius 1 is 0.323 bits per heavy atom. The van der Waals surface area contributed by atoms with Gasteiger partial charge in [-0.3, -0.25) is 0 Å². The van der Waals surface area contributed by atoms with Gasteiger partial charge in [0.2, 0.25) is 34.2 Å². The Kier molecular flexibility index (Phi) is 18.1. The lowest BCUT2D eigenvalue weighted by atomic mass is 9.96. The van der Waals surface area contributed by atoms with Crippen LogP contribution in [-0.2, 0) is 55.0 Å². The summed E-state index contributed by atoms with van der Waals surface area (Å²) in [5, 5.41) is 0. The number of hydrogen-bond acceptors (Lipinski definition) is 0. The van der Waals surface area contributed by atoms with Crippen LogP contribution < -0.4 is 27.4 Å². The lowest BCUT2D eigenvalue weighted by Gasteiger charge is -2.09. The highest BCUT2D eigenvalue weighted by molar-refractivity contribution is 5.66. The molecule has 0 aliphatic heterocycles. The molecular weight excluding hydrogens is 1170 g/mol. The molecule has 1 atom stereocenters. The highest BCUT2D eigenvalue weighted by Crippen LogP contribution is 2.28. The molecule has 0 aliphatic rings. The highest BCUT2D eigenvalue weighted by Gasteiger charge is 2.17. The van der Waals surface area contributed by atoms with Crippen LogP contribution in [0.3, 0.4) is 0 Å². The molecule has 6 heterocycles. The topological polar surface area (TPSA) is 23.3 Å². The fourth-order valence-electron chi connectivity index (χ4n) is 11.2. The molecule has 0 radical (unpaired) electrons. The summed E-state index contributed by atoms with van der Waals surface area (Å²) in [7, 11) is 11.9. The fraction of sp³-hybridized carbons (Fsp3) is 0.267. The van der Waals surface area contributed by atoms with Crippen LogP contribution in [0.4, 0.5) is 0 Å². The van der Waals surface area contributed by atoms with E-state index in [0.29, 0.717) is 16.7 Å². The van der Waals surface area contributed by atoms with Crippen LogP contribution in [0.1, 0.15) is 136 Å². The molecule has 1 unspecified atom stereocenters. The Labute approximate surface area is 607 Å². The maximum atomic E-state index is 8.30. The first kappa shape index (κ1) is 48.8. The summed E-state index contributed by atoms with van der Waals surface area (Å²) in [5.41, 5.74) is 22.7. The zero-order chi connectivity index (χ0) is 87.5. The van der Waals surface area contributed by atoms with E-state index < -0.39 is 58.8 Å². The van der Waals surface area contributed by atoms with Gasteiger partial charge in [0.25, 0.3) is 0 Å². The van der Waals surface area contributed by atoms with Crippen LogP contribution in [0.15, 0.2) is 256 Å². The molecule has 96 heavy (non-hydrogen) atoms. The van der Waals surface area contributed by atoms with Gasteiger partial charge < -0.3 is 0 Å². The Balaban J connectivity index is 0.000000196. The molecule has 6 nitrogen and oxygen atoms in total. The normalized spacial score (nSPS) is 15.5. The van der Waals surface area contributed by atoms with Crippen LogP contribution in [0.2, 0.25) is 0 Å². The molecule has 6 aromatic heterocycles. The summed E-state index contributed by atoms with van der Waals surface area (Å²) in [6.45, 7) is 3.73. The second kappa shape index (κ2) is 35.6. The summed E-state index contributed by atoms with van der Waals surface area (Å²) in [5.74, 6) is -4.91. The number of aryl methyl sites for hydroxylation is 16. The average molecular weight is 1300 g/mol. The zero-order valence-electron chi connectivity index (χ0n) is 79.4. The summed E-state index contributed by atoms with van der Waals surface area (Å²) >= 11 is 0. The van der Waals surface area contributed by atoms with Crippen LogP contribution in [-0.4, -0.2) is 0 Å². The zero-order valence-corrected chi connectivity index (χ0v) is 58.4. The summed E-state index contributed by atoms with van der Waals surface area (Å²) in [6, 6.07) is 69.2. The van der Waals surface area contributed by atoms with Gasteiger partial charge in [0.05, 0.1) is 0 Å². The molecule has 12 rings (SSSR count). The fourth-order valence-corrected chi connectivity index (χ4v) is 11.2. The lowest BCUT2D eigenvalue weighted by molar-refractivity contribution is -0.660. The van der Waals surface area contributed by atoms with E-state index in [-0.39, 0.29) is 11.1 Å². The number of benzene rings is 6. The third-order valence-corrected chi connectivity index (χ3v) is 16.5. The van der Waals surface area contributed by atoms with Crippen LogP contribution >= 0.6 is 0 Å². The van der Waals surface area contributed by atoms with Crippen molar-refractivity contribution in [3.63, 3.8) is 0 Å². The van der Waals surface area contributed by atoms with E-state index in [1.807, 2.05) is 183 Å². The molecule has 6 aromatic carbocycles. The maximum absolute atomic E-state index is 8.30. The summed E-state index contributed by atoms with van der Waals surface area (Å²) in [6.07, 6.45) is 6.63. The van der Waals surface area contributed by atoms with Crippen molar-refractivity contribution >= 4 is 0 Å². The first-order valence-electron chi connectivity index (χ1n) is 42.5. The van der Waals surface area contributed by atoms with Gasteiger partial charge in [-0.2, -0.15) is 0 Å². The second-order valence-corrected chi connectivity index (χ2v) is 24.2. The molecule has 0 aliphatic carbocycles. The molecular formula is C90H108N6+6. The van der Waals surface area contributed by atoms with Crippen molar-refractivity contribution in [1.82, 2.24) is 0 Å². The predicted octanol–water partition coefficient (Wildman–Crippen LogP) is 18.7. The largest absolute Gasteiger partial charge is 0.212 e. The van der Waals surface area contributed by atoms with Gasteiger partial charge in [0, 0.05) is 135 Å². The minimum atomic E-state index is -3.35. The number of aromatic nitrogens is 6. The van der Waals surface area contributed by atoms with Gasteiger partial charge in [-0.1, -0.05) is 124 Å². The van der Waals surface area contributed by atoms with Gasteiger partial charge in [-0.25, -0.2) is 27.4 Å². The summed E-state index contributed by atoms with van der Waals surface area (Å²) in [4.78, 5) is 0. The first-order valence-corrected chi connectivity index (χ1v) is 32.0. The number of hydrogen-bond donors (Lipinski definition) is 0. The van der Waals surface area contributed by atoms with E-state index in [1.165, 1.54) is 63.8 Å². The minimum absolute atomic E-state index is 0.149. The van der Waals surface area contributed by atoms with E-state index >= 15 is 0 Å². The molecule has 12 aromatic rings. The van der Waals surface area contributed by atoms with Crippen molar-refractivity contribution in [3.05, 3.63) is 322 Å². The Bertz CT molecular complexity index is 5200.